The topological polar surface area (TPSA) is 105 Å². The van der Waals surface area contributed by atoms with E-state index in [1.165, 1.54) is 0 Å². The summed E-state index contributed by atoms with van der Waals surface area (Å²) in [6.07, 6.45) is 2.15. The number of anilines is 2. The lowest BCUT2D eigenvalue weighted by atomic mass is 9.99. The maximum Gasteiger partial charge on any atom is 0.204 e. The highest BCUT2D eigenvalue weighted by molar-refractivity contribution is 5.85. The summed E-state index contributed by atoms with van der Waals surface area (Å²) >= 11 is 0. The number of aryl methyl sites for hydroxylation is 1. The summed E-state index contributed by atoms with van der Waals surface area (Å²) in [5.74, 6) is 1.44. The molecule has 4 rings (SSSR count). The smallest absolute Gasteiger partial charge is 0.204 e. The van der Waals surface area contributed by atoms with Crippen LogP contribution >= 0.6 is 0 Å². The van der Waals surface area contributed by atoms with Gasteiger partial charge in [-0.1, -0.05) is 20.3 Å². The lowest BCUT2D eigenvalue weighted by Gasteiger charge is -2.29. The molecule has 3 aromatic rings. The highest BCUT2D eigenvalue weighted by atomic mass is 16.5. The second-order valence-electron chi connectivity index (χ2n) is 9.03. The van der Waals surface area contributed by atoms with Crippen molar-refractivity contribution in [1.82, 2.24) is 19.6 Å². The van der Waals surface area contributed by atoms with E-state index >= 15 is 0 Å². The van der Waals surface area contributed by atoms with Crippen molar-refractivity contribution in [3.8, 4) is 0 Å². The van der Waals surface area contributed by atoms with Crippen LogP contribution in [0.25, 0.3) is 16.7 Å². The van der Waals surface area contributed by atoms with E-state index < -0.39 is 6.10 Å². The number of ether oxygens (including phenoxy) is 1. The number of ketones is 1. The quantitative estimate of drug-likeness (QED) is 0.451. The van der Waals surface area contributed by atoms with Gasteiger partial charge in [0.2, 0.25) is 5.65 Å². The van der Waals surface area contributed by atoms with E-state index in [2.05, 4.69) is 38.6 Å². The Hall–Kier alpha value is -2.78. The van der Waals surface area contributed by atoms with Gasteiger partial charge in [0.1, 0.15) is 11.9 Å². The van der Waals surface area contributed by atoms with E-state index in [-0.39, 0.29) is 11.7 Å². The second kappa shape index (κ2) is 10.4. The van der Waals surface area contributed by atoms with Crippen LogP contribution in [0.4, 0.5) is 11.5 Å². The summed E-state index contributed by atoms with van der Waals surface area (Å²) in [5, 5.41) is 21.9. The summed E-state index contributed by atoms with van der Waals surface area (Å²) in [4.78, 5) is 19.1. The Labute approximate surface area is 194 Å². The molecule has 0 bridgehead atoms. The van der Waals surface area contributed by atoms with E-state index in [1.807, 2.05) is 25.2 Å². The number of carbonyl (C=O) groups excluding carboxylic acids is 1. The van der Waals surface area contributed by atoms with E-state index in [4.69, 9.17) is 9.72 Å². The van der Waals surface area contributed by atoms with Crippen molar-refractivity contribution in [2.45, 2.75) is 52.6 Å². The number of morpholine rings is 1. The van der Waals surface area contributed by atoms with Crippen LogP contribution in [0.2, 0.25) is 0 Å². The van der Waals surface area contributed by atoms with Crippen molar-refractivity contribution in [2.24, 2.45) is 5.92 Å². The van der Waals surface area contributed by atoms with Gasteiger partial charge in [-0.3, -0.25) is 9.20 Å². The van der Waals surface area contributed by atoms with Crippen LogP contribution in [0.15, 0.2) is 18.2 Å². The minimum Gasteiger partial charge on any atom is -0.385 e. The highest BCUT2D eigenvalue weighted by Crippen LogP contribution is 2.26. The van der Waals surface area contributed by atoms with Gasteiger partial charge >= 0.3 is 0 Å². The van der Waals surface area contributed by atoms with Crippen molar-refractivity contribution < 1.29 is 14.6 Å². The minimum absolute atomic E-state index is 0.0315. The number of fused-ring (bicyclic) bond motifs is 3. The molecule has 2 aromatic heterocycles. The summed E-state index contributed by atoms with van der Waals surface area (Å²) in [6, 6.07) is 6.33. The standard InChI is InChI=1S/C24H34N6O3/c1-16(2)22(32)21(31)7-5-4-6-10-25-23-24-28-27-17(3)30(24)20-9-8-18(15-19(20)26-23)29-11-13-33-14-12-29/h8-9,15-16,22,32H,4-7,10-14H2,1-3H3,(H,25,26)/t22-/m0/s1. The predicted molar refractivity (Wildman–Crippen MR) is 129 cm³/mol. The summed E-state index contributed by atoms with van der Waals surface area (Å²) < 4.78 is 7.52. The molecule has 0 spiro atoms. The third-order valence-electron chi connectivity index (χ3n) is 6.20. The van der Waals surface area contributed by atoms with Crippen molar-refractivity contribution in [1.29, 1.82) is 0 Å². The van der Waals surface area contributed by atoms with E-state index in [1.54, 1.807) is 0 Å². The molecule has 0 unspecified atom stereocenters. The number of unbranched alkanes of at least 4 members (excludes halogenated alkanes) is 2. The molecule has 0 radical (unpaired) electrons. The number of carbonyl (C=O) groups is 1. The molecule has 1 aliphatic heterocycles. The van der Waals surface area contributed by atoms with Gasteiger partial charge in [0, 0.05) is 31.7 Å². The maximum atomic E-state index is 11.9. The van der Waals surface area contributed by atoms with Gasteiger partial charge < -0.3 is 20.1 Å². The second-order valence-corrected chi connectivity index (χ2v) is 9.03. The lowest BCUT2D eigenvalue weighted by Crippen LogP contribution is -2.36. The number of benzene rings is 1. The Bertz CT molecular complexity index is 1110. The van der Waals surface area contributed by atoms with Gasteiger partial charge in [-0.15, -0.1) is 10.2 Å². The van der Waals surface area contributed by atoms with E-state index in [9.17, 15) is 9.90 Å². The Morgan fingerprint density at radius 3 is 2.73 bits per heavy atom. The van der Waals surface area contributed by atoms with Crippen LogP contribution in [0.5, 0.6) is 0 Å². The lowest BCUT2D eigenvalue weighted by molar-refractivity contribution is -0.129. The third-order valence-corrected chi connectivity index (χ3v) is 6.20. The largest absolute Gasteiger partial charge is 0.385 e. The van der Waals surface area contributed by atoms with Gasteiger partial charge in [0.05, 0.1) is 24.2 Å². The molecule has 0 aliphatic carbocycles. The first kappa shape index (κ1) is 23.4. The Balaban J connectivity index is 1.43. The number of aliphatic hydroxyl groups is 1. The number of hydrogen-bond donors (Lipinski definition) is 2. The van der Waals surface area contributed by atoms with Gasteiger partial charge in [-0.05, 0) is 43.9 Å². The Morgan fingerprint density at radius 2 is 1.97 bits per heavy atom. The molecule has 178 valence electrons. The number of aliphatic hydroxyl groups excluding tert-OH is 1. The molecule has 33 heavy (non-hydrogen) atoms. The Morgan fingerprint density at radius 1 is 1.18 bits per heavy atom. The molecule has 3 heterocycles. The number of nitrogens with one attached hydrogen (secondary N) is 1. The highest BCUT2D eigenvalue weighted by Gasteiger charge is 2.18. The first-order chi connectivity index (χ1) is 16.0. The van der Waals surface area contributed by atoms with Crippen LogP contribution in [0.1, 0.15) is 45.4 Å². The zero-order valence-electron chi connectivity index (χ0n) is 19.8. The number of aromatic nitrogens is 4. The molecule has 0 saturated carbocycles. The fourth-order valence-corrected chi connectivity index (χ4v) is 4.23. The Kier molecular flexibility index (Phi) is 7.39. The number of hydrogen-bond acceptors (Lipinski definition) is 8. The molecule has 0 amide bonds. The molecule has 1 aromatic carbocycles. The summed E-state index contributed by atoms with van der Waals surface area (Å²) in [7, 11) is 0. The van der Waals surface area contributed by atoms with Crippen molar-refractivity contribution in [3.05, 3.63) is 24.0 Å². The number of rotatable bonds is 10. The molecule has 1 saturated heterocycles. The van der Waals surface area contributed by atoms with Gasteiger partial charge in [-0.2, -0.15) is 0 Å². The zero-order valence-corrected chi connectivity index (χ0v) is 19.8. The van der Waals surface area contributed by atoms with Crippen LogP contribution in [0, 0.1) is 12.8 Å². The van der Waals surface area contributed by atoms with Crippen LogP contribution < -0.4 is 10.2 Å². The predicted octanol–water partition coefficient (Wildman–Crippen LogP) is 2.98. The minimum atomic E-state index is -0.850. The molecular formula is C24H34N6O3. The van der Waals surface area contributed by atoms with Crippen LogP contribution in [-0.2, 0) is 9.53 Å². The average Bonchev–Trinajstić information content (AvgIpc) is 3.22. The maximum absolute atomic E-state index is 11.9. The van der Waals surface area contributed by atoms with Crippen LogP contribution in [0.3, 0.4) is 0 Å². The molecule has 9 nitrogen and oxygen atoms in total. The van der Waals surface area contributed by atoms with Crippen molar-refractivity contribution in [3.63, 3.8) is 0 Å². The van der Waals surface area contributed by atoms with Crippen molar-refractivity contribution in [2.75, 3.05) is 43.1 Å². The normalized spacial score (nSPS) is 15.5. The van der Waals surface area contributed by atoms with Gasteiger partial charge in [0.15, 0.2) is 11.6 Å². The number of nitrogens with zero attached hydrogens (tertiary/aromatic N) is 5. The van der Waals surface area contributed by atoms with E-state index in [0.717, 1.165) is 74.7 Å². The SMILES string of the molecule is Cc1nnc2c(NCCCCCC(=O)[C@@H](O)C(C)C)nc3cc(N4CCOCC4)ccc3n12. The third kappa shape index (κ3) is 5.25. The monoisotopic (exact) mass is 454 g/mol. The summed E-state index contributed by atoms with van der Waals surface area (Å²) in [6.45, 7) is 9.63. The van der Waals surface area contributed by atoms with Crippen molar-refractivity contribution >= 4 is 34.0 Å². The fourth-order valence-electron chi connectivity index (χ4n) is 4.23. The first-order valence-corrected chi connectivity index (χ1v) is 11.9. The molecule has 2 N–H and O–H groups in total. The van der Waals surface area contributed by atoms with Gasteiger partial charge in [0.25, 0.3) is 0 Å². The van der Waals surface area contributed by atoms with E-state index in [0.29, 0.717) is 17.9 Å². The molecule has 1 fully saturated rings. The fraction of sp³-hybridized carbons (Fsp3) is 0.583. The molecular weight excluding hydrogens is 420 g/mol. The first-order valence-electron chi connectivity index (χ1n) is 11.9. The number of Topliss-reactive ketones (excluding diaryl/α,β-unsaturated/α-hetero) is 1. The summed E-state index contributed by atoms with van der Waals surface area (Å²) in [5.41, 5.74) is 3.74. The average molecular weight is 455 g/mol. The van der Waals surface area contributed by atoms with Gasteiger partial charge in [-0.25, -0.2) is 4.98 Å². The molecule has 1 aliphatic rings. The van der Waals surface area contributed by atoms with Crippen LogP contribution in [-0.4, -0.2) is 69.4 Å². The molecule has 1 atom stereocenters. The molecule has 9 heteroatoms. The zero-order chi connectivity index (χ0) is 23.4.